The van der Waals surface area contributed by atoms with Gasteiger partial charge < -0.3 is 9.64 Å². The highest BCUT2D eigenvalue weighted by atomic mass is 35.5. The number of carbonyl (C=O) groups excluding carboxylic acids is 1. The number of methoxy groups -OCH3 is 1. The van der Waals surface area contributed by atoms with Gasteiger partial charge in [-0.05, 0) is 35.6 Å². The molecule has 0 saturated carbocycles. The molecule has 124 valence electrons. The highest BCUT2D eigenvalue weighted by molar-refractivity contribution is 6.15. The third-order valence-electron chi connectivity index (χ3n) is 3.53. The van der Waals surface area contributed by atoms with Gasteiger partial charge in [-0.2, -0.15) is 0 Å². The first kappa shape index (κ1) is 20.4. The minimum Gasteiger partial charge on any atom is -0.380 e. The van der Waals surface area contributed by atoms with Crippen molar-refractivity contribution in [1.29, 1.82) is 0 Å². The molecular formula is C16H31ClN2O2. The summed E-state index contributed by atoms with van der Waals surface area (Å²) in [5, 5.41) is 0. The fraction of sp³-hybridized carbons (Fsp3) is 0.812. The van der Waals surface area contributed by atoms with E-state index in [1.807, 2.05) is 34.7 Å². The van der Waals surface area contributed by atoms with Crippen LogP contribution in [0.4, 0.5) is 0 Å². The van der Waals surface area contributed by atoms with Crippen LogP contribution in [0.5, 0.6) is 0 Å². The molecule has 0 radical (unpaired) electrons. The van der Waals surface area contributed by atoms with Crippen molar-refractivity contribution in [1.82, 2.24) is 9.74 Å². The van der Waals surface area contributed by atoms with Crippen LogP contribution in [0.2, 0.25) is 0 Å². The number of hydrogen-bond donors (Lipinski definition) is 1. The fourth-order valence-electron chi connectivity index (χ4n) is 2.25. The lowest BCUT2D eigenvalue weighted by Crippen LogP contribution is -2.52. The van der Waals surface area contributed by atoms with Crippen LogP contribution in [0.25, 0.3) is 0 Å². The van der Waals surface area contributed by atoms with Crippen LogP contribution < -0.4 is 4.84 Å². The lowest BCUT2D eigenvalue weighted by Gasteiger charge is -2.36. The normalized spacial score (nSPS) is 16.0. The predicted octanol–water partition coefficient (Wildman–Crippen LogP) is 3.22. The maximum absolute atomic E-state index is 12.7. The van der Waals surface area contributed by atoms with Gasteiger partial charge in [0.05, 0.1) is 12.6 Å². The Bertz CT molecular complexity index is 362. The second kappa shape index (κ2) is 8.76. The van der Waals surface area contributed by atoms with Crippen LogP contribution in [0.3, 0.4) is 0 Å². The van der Waals surface area contributed by atoms with Gasteiger partial charge in [0.2, 0.25) is 5.91 Å². The molecule has 1 N–H and O–H groups in total. The SMILES string of the molecule is COC/C(C)=C/[C@H](C(C)C)N(C)C(=O)[C@@H](NCl)C(C)(C)C. The second-order valence-electron chi connectivity index (χ2n) is 7.04. The van der Waals surface area contributed by atoms with E-state index in [2.05, 4.69) is 24.8 Å². The van der Waals surface area contributed by atoms with Gasteiger partial charge in [0.1, 0.15) is 6.04 Å². The van der Waals surface area contributed by atoms with Gasteiger partial charge in [0.25, 0.3) is 0 Å². The molecule has 0 heterocycles. The maximum Gasteiger partial charge on any atom is 0.241 e. The van der Waals surface area contributed by atoms with E-state index in [-0.39, 0.29) is 17.4 Å². The summed E-state index contributed by atoms with van der Waals surface area (Å²) in [6.45, 7) is 12.8. The average molecular weight is 319 g/mol. The number of nitrogens with one attached hydrogen (secondary N) is 1. The van der Waals surface area contributed by atoms with Gasteiger partial charge in [0, 0.05) is 14.2 Å². The van der Waals surface area contributed by atoms with Crippen molar-refractivity contribution in [2.75, 3.05) is 20.8 Å². The van der Waals surface area contributed by atoms with E-state index in [1.165, 1.54) is 0 Å². The standard InChI is InChI=1S/C16H31ClN2O2/c1-11(2)13(9-12(3)10-21-8)19(7)15(20)14(18-17)16(4,5)6/h9,11,13-14,18H,10H2,1-8H3/b12-9+/t13-,14-/m1/s1. The highest BCUT2D eigenvalue weighted by Gasteiger charge is 2.35. The molecule has 1 amide bonds. The van der Waals surface area contributed by atoms with Gasteiger partial charge in [0.15, 0.2) is 0 Å². The topological polar surface area (TPSA) is 41.6 Å². The van der Waals surface area contributed by atoms with Gasteiger partial charge in [-0.1, -0.05) is 40.7 Å². The van der Waals surface area contributed by atoms with Crippen LogP contribution >= 0.6 is 11.8 Å². The Balaban J connectivity index is 5.26. The van der Waals surface area contributed by atoms with E-state index in [9.17, 15) is 4.79 Å². The van der Waals surface area contributed by atoms with E-state index in [1.54, 1.807) is 12.0 Å². The summed E-state index contributed by atoms with van der Waals surface area (Å²) in [6.07, 6.45) is 2.10. The van der Waals surface area contributed by atoms with Crippen molar-refractivity contribution in [3.8, 4) is 0 Å². The van der Waals surface area contributed by atoms with Gasteiger partial charge in [-0.3, -0.25) is 4.79 Å². The highest BCUT2D eigenvalue weighted by Crippen LogP contribution is 2.23. The van der Waals surface area contributed by atoms with E-state index in [4.69, 9.17) is 16.5 Å². The van der Waals surface area contributed by atoms with Gasteiger partial charge in [-0.15, -0.1) is 0 Å². The molecule has 0 fully saturated rings. The fourth-order valence-corrected chi connectivity index (χ4v) is 2.67. The van der Waals surface area contributed by atoms with Crippen LogP contribution in [0.1, 0.15) is 41.5 Å². The first-order valence-electron chi connectivity index (χ1n) is 7.35. The van der Waals surface area contributed by atoms with Gasteiger partial charge >= 0.3 is 0 Å². The molecule has 0 aliphatic carbocycles. The number of likely N-dealkylation sites (N-methyl/N-ethyl adjacent to an activating group) is 1. The van der Waals surface area contributed by atoms with Crippen LogP contribution in [-0.2, 0) is 9.53 Å². The number of halogens is 1. The molecule has 0 aromatic rings. The largest absolute Gasteiger partial charge is 0.380 e. The first-order valence-corrected chi connectivity index (χ1v) is 7.73. The Kier molecular flexibility index (Phi) is 8.52. The Morgan fingerprint density at radius 1 is 1.38 bits per heavy atom. The Morgan fingerprint density at radius 2 is 1.90 bits per heavy atom. The van der Waals surface area contributed by atoms with Crippen LogP contribution in [-0.4, -0.2) is 43.7 Å². The molecule has 0 aliphatic heterocycles. The molecule has 2 atom stereocenters. The zero-order valence-electron chi connectivity index (χ0n) is 14.7. The summed E-state index contributed by atoms with van der Waals surface area (Å²) in [6, 6.07) is -0.413. The van der Waals surface area contributed by atoms with Gasteiger partial charge in [-0.25, -0.2) is 4.84 Å². The van der Waals surface area contributed by atoms with Crippen LogP contribution in [0, 0.1) is 11.3 Å². The van der Waals surface area contributed by atoms with E-state index >= 15 is 0 Å². The summed E-state index contributed by atoms with van der Waals surface area (Å²) < 4.78 is 5.14. The van der Waals surface area contributed by atoms with Crippen molar-refractivity contribution in [3.05, 3.63) is 11.6 Å². The molecule has 0 aliphatic rings. The predicted molar refractivity (Wildman–Crippen MR) is 89.3 cm³/mol. The lowest BCUT2D eigenvalue weighted by molar-refractivity contribution is -0.136. The molecule has 0 bridgehead atoms. The first-order chi connectivity index (χ1) is 9.56. The summed E-state index contributed by atoms with van der Waals surface area (Å²) in [5.41, 5.74) is 0.863. The van der Waals surface area contributed by atoms with E-state index in [0.717, 1.165) is 5.57 Å². The summed E-state index contributed by atoms with van der Waals surface area (Å²) in [7, 11) is 3.50. The summed E-state index contributed by atoms with van der Waals surface area (Å²) in [4.78, 5) is 17.1. The number of rotatable bonds is 7. The number of nitrogens with zero attached hydrogens (tertiary/aromatic N) is 1. The monoisotopic (exact) mass is 318 g/mol. The number of carbonyl (C=O) groups is 1. The molecule has 0 saturated heterocycles. The molecule has 21 heavy (non-hydrogen) atoms. The van der Waals surface area contributed by atoms with Crippen molar-refractivity contribution in [2.24, 2.45) is 11.3 Å². The summed E-state index contributed by atoms with van der Waals surface area (Å²) >= 11 is 5.80. The maximum atomic E-state index is 12.7. The summed E-state index contributed by atoms with van der Waals surface area (Å²) in [5.74, 6) is 0.305. The molecular weight excluding hydrogens is 288 g/mol. The Labute approximate surface area is 135 Å². The molecule has 0 rings (SSSR count). The average Bonchev–Trinajstić information content (AvgIpc) is 2.34. The third kappa shape index (κ3) is 6.37. The van der Waals surface area contributed by atoms with Crippen molar-refractivity contribution in [3.63, 3.8) is 0 Å². The van der Waals surface area contributed by atoms with Crippen LogP contribution in [0.15, 0.2) is 11.6 Å². The molecule has 0 aromatic carbocycles. The van der Waals surface area contributed by atoms with E-state index in [0.29, 0.717) is 12.5 Å². The van der Waals surface area contributed by atoms with Crippen molar-refractivity contribution >= 4 is 17.7 Å². The second-order valence-corrected chi connectivity index (χ2v) is 7.26. The minimum absolute atomic E-state index is 0.00216. The Hall–Kier alpha value is -0.580. The zero-order chi connectivity index (χ0) is 16.8. The molecule has 4 nitrogen and oxygen atoms in total. The molecule has 0 spiro atoms. The van der Waals surface area contributed by atoms with Crippen molar-refractivity contribution in [2.45, 2.75) is 53.6 Å². The number of hydrogen-bond acceptors (Lipinski definition) is 3. The molecule has 0 aromatic heterocycles. The number of amides is 1. The zero-order valence-corrected chi connectivity index (χ0v) is 15.4. The number of ether oxygens (including phenoxy) is 1. The minimum atomic E-state index is -0.429. The molecule has 0 unspecified atom stereocenters. The quantitative estimate of drug-likeness (QED) is 0.579. The smallest absolute Gasteiger partial charge is 0.241 e. The van der Waals surface area contributed by atoms with E-state index < -0.39 is 6.04 Å². The lowest BCUT2D eigenvalue weighted by atomic mass is 9.86. The van der Waals surface area contributed by atoms with Crippen molar-refractivity contribution < 1.29 is 9.53 Å². The molecule has 5 heteroatoms. The third-order valence-corrected chi connectivity index (χ3v) is 3.75. The Morgan fingerprint density at radius 3 is 2.24 bits per heavy atom.